The monoisotopic (exact) mass is 312 g/mol. The van der Waals surface area contributed by atoms with E-state index in [4.69, 9.17) is 4.74 Å². The smallest absolute Gasteiger partial charge is 0.408 e. The number of epoxide rings is 1. The first-order valence-electron chi connectivity index (χ1n) is 7.54. The number of carbonyl (C=O) groups excluding carboxylic acids is 2. The molecule has 2 rings (SSSR count). The van der Waals surface area contributed by atoms with E-state index in [1.165, 1.54) is 0 Å². The second kappa shape index (κ2) is 5.53. The van der Waals surface area contributed by atoms with Gasteiger partial charge >= 0.3 is 6.09 Å². The normalized spacial score (nSPS) is 28.9. The number of amides is 2. The predicted octanol–water partition coefficient (Wildman–Crippen LogP) is 1.02. The third-order valence-electron chi connectivity index (χ3n) is 4.31. The molecule has 0 aromatic heterocycles. The van der Waals surface area contributed by atoms with Gasteiger partial charge in [-0.1, -0.05) is 0 Å². The van der Waals surface area contributed by atoms with Gasteiger partial charge in [-0.3, -0.25) is 14.5 Å². The maximum atomic E-state index is 12.8. The Morgan fingerprint density at radius 2 is 2.09 bits per heavy atom. The molecule has 2 aliphatic rings. The lowest BCUT2D eigenvalue weighted by molar-refractivity contribution is -0.132. The maximum Gasteiger partial charge on any atom is 0.408 e. The number of ether oxygens (including phenoxy) is 1. The lowest BCUT2D eigenvalue weighted by Gasteiger charge is -2.40. The average molecular weight is 312 g/mol. The molecular weight excluding hydrogens is 288 g/mol. The van der Waals surface area contributed by atoms with Crippen molar-refractivity contribution in [3.05, 3.63) is 0 Å². The van der Waals surface area contributed by atoms with Gasteiger partial charge in [-0.25, -0.2) is 4.79 Å². The van der Waals surface area contributed by atoms with Gasteiger partial charge in [-0.05, 0) is 40.5 Å². The van der Waals surface area contributed by atoms with E-state index < -0.39 is 23.3 Å². The van der Waals surface area contributed by atoms with Crippen LogP contribution in [0.2, 0.25) is 0 Å². The molecule has 7 heteroatoms. The van der Waals surface area contributed by atoms with E-state index in [9.17, 15) is 19.5 Å². The molecule has 2 saturated heterocycles. The molecule has 1 unspecified atom stereocenters. The Morgan fingerprint density at radius 3 is 2.45 bits per heavy atom. The van der Waals surface area contributed by atoms with E-state index >= 15 is 0 Å². The Hall–Kier alpha value is -1.63. The Balaban J connectivity index is 2.29. The van der Waals surface area contributed by atoms with Crippen LogP contribution in [0.3, 0.4) is 0 Å². The van der Waals surface area contributed by atoms with Crippen molar-refractivity contribution in [2.24, 2.45) is 5.92 Å². The number of ketones is 1. The molecule has 0 radical (unpaired) electrons. The summed E-state index contributed by atoms with van der Waals surface area (Å²) in [7, 11) is 0. The summed E-state index contributed by atoms with van der Waals surface area (Å²) < 4.78 is 5.20. The number of Topliss-reactive ketones (excluding diaryl/α,β-unsaturated/α-hetero) is 1. The van der Waals surface area contributed by atoms with Crippen molar-refractivity contribution in [1.29, 1.82) is 0 Å². The van der Waals surface area contributed by atoms with Crippen molar-refractivity contribution in [2.45, 2.75) is 57.7 Å². The van der Waals surface area contributed by atoms with Crippen molar-refractivity contribution < 1.29 is 24.2 Å². The number of carboxylic acid groups (broad SMARTS) is 1. The van der Waals surface area contributed by atoms with Gasteiger partial charge in [0.2, 0.25) is 5.91 Å². The van der Waals surface area contributed by atoms with Gasteiger partial charge in [0.15, 0.2) is 5.78 Å². The van der Waals surface area contributed by atoms with Crippen molar-refractivity contribution in [3.63, 3.8) is 0 Å². The van der Waals surface area contributed by atoms with E-state index in [0.29, 0.717) is 19.6 Å². The molecule has 3 atom stereocenters. The summed E-state index contributed by atoms with van der Waals surface area (Å²) in [6, 6.07) is -0.876. The lowest BCUT2D eigenvalue weighted by Crippen LogP contribution is -2.57. The lowest BCUT2D eigenvalue weighted by atomic mass is 9.87. The number of nitrogens with zero attached hydrogens (tertiary/aromatic N) is 1. The van der Waals surface area contributed by atoms with Gasteiger partial charge in [0.1, 0.15) is 5.60 Å². The molecule has 0 bridgehead atoms. The van der Waals surface area contributed by atoms with Crippen molar-refractivity contribution in [2.75, 3.05) is 13.2 Å². The summed E-state index contributed by atoms with van der Waals surface area (Å²) in [4.78, 5) is 37.5. The Labute approximate surface area is 130 Å². The minimum atomic E-state index is -1.16. The number of hydrogen-bond acceptors (Lipinski definition) is 4. The first-order valence-corrected chi connectivity index (χ1v) is 7.54. The van der Waals surface area contributed by atoms with E-state index in [2.05, 4.69) is 5.32 Å². The third-order valence-corrected chi connectivity index (χ3v) is 4.31. The second-order valence-corrected chi connectivity index (χ2v) is 7.24. The van der Waals surface area contributed by atoms with Gasteiger partial charge in [-0.2, -0.15) is 0 Å². The van der Waals surface area contributed by atoms with E-state index in [1.807, 2.05) is 0 Å². The molecule has 2 fully saturated rings. The van der Waals surface area contributed by atoms with Crippen LogP contribution in [0.4, 0.5) is 4.79 Å². The van der Waals surface area contributed by atoms with Crippen LogP contribution in [0.5, 0.6) is 0 Å². The van der Waals surface area contributed by atoms with Gasteiger partial charge in [-0.15, -0.1) is 0 Å². The zero-order valence-corrected chi connectivity index (χ0v) is 13.5. The third kappa shape index (κ3) is 3.24. The Morgan fingerprint density at radius 1 is 1.50 bits per heavy atom. The van der Waals surface area contributed by atoms with Crippen molar-refractivity contribution in [1.82, 2.24) is 10.2 Å². The number of carbonyl (C=O) groups is 3. The zero-order chi connectivity index (χ0) is 16.7. The molecular formula is C15H24N2O5. The molecule has 22 heavy (non-hydrogen) atoms. The first kappa shape index (κ1) is 16.7. The fraction of sp³-hybridized carbons (Fsp3) is 0.800. The largest absolute Gasteiger partial charge is 0.465 e. The van der Waals surface area contributed by atoms with Crippen LogP contribution in [-0.2, 0) is 14.3 Å². The van der Waals surface area contributed by atoms with Crippen molar-refractivity contribution >= 4 is 17.8 Å². The molecule has 0 aliphatic carbocycles. The van der Waals surface area contributed by atoms with Gasteiger partial charge < -0.3 is 15.2 Å². The van der Waals surface area contributed by atoms with Gasteiger partial charge in [0, 0.05) is 18.0 Å². The molecule has 124 valence electrons. The second-order valence-electron chi connectivity index (χ2n) is 7.24. The van der Waals surface area contributed by atoms with Crippen LogP contribution in [-0.4, -0.2) is 58.1 Å². The van der Waals surface area contributed by atoms with Crippen LogP contribution >= 0.6 is 0 Å². The summed E-state index contributed by atoms with van der Waals surface area (Å²) >= 11 is 0. The minimum absolute atomic E-state index is 0.112. The van der Waals surface area contributed by atoms with Crippen molar-refractivity contribution in [3.8, 4) is 0 Å². The SMILES string of the molecule is CC(C)(C)N(C(=O)O)[C@@H](CC1CCNC1=O)C(=O)[C@@]1(C)CO1. The summed E-state index contributed by atoms with van der Waals surface area (Å²) in [5.41, 5.74) is -1.66. The first-order chi connectivity index (χ1) is 10.1. The average Bonchev–Trinajstić information content (AvgIpc) is 3.00. The van der Waals surface area contributed by atoms with Crippen LogP contribution in [0.15, 0.2) is 0 Å². The zero-order valence-electron chi connectivity index (χ0n) is 13.5. The molecule has 2 amide bonds. The molecule has 0 spiro atoms. The number of rotatable bonds is 5. The van der Waals surface area contributed by atoms with E-state index in [0.717, 1.165) is 4.90 Å². The standard InChI is InChI=1S/C15H24N2O5/c1-14(2,3)17(13(20)21)10(11(18)15(4)8-22-15)7-9-5-6-16-12(9)19/h9-10H,5-8H2,1-4H3,(H,16,19)(H,20,21)/t9?,10-,15+/m0/s1. The highest BCUT2D eigenvalue weighted by Gasteiger charge is 2.53. The van der Waals surface area contributed by atoms with Crippen LogP contribution in [0.25, 0.3) is 0 Å². The van der Waals surface area contributed by atoms with Crippen LogP contribution < -0.4 is 5.32 Å². The Bertz CT molecular complexity index is 493. The molecule has 2 heterocycles. The molecule has 0 saturated carbocycles. The fourth-order valence-corrected chi connectivity index (χ4v) is 2.96. The molecule has 0 aromatic rings. The Kier molecular flexibility index (Phi) is 4.21. The fourth-order valence-electron chi connectivity index (χ4n) is 2.96. The van der Waals surface area contributed by atoms with Crippen LogP contribution in [0, 0.1) is 5.92 Å². The maximum absolute atomic E-state index is 12.8. The van der Waals surface area contributed by atoms with E-state index in [1.54, 1.807) is 27.7 Å². The number of nitrogens with one attached hydrogen (secondary N) is 1. The van der Waals surface area contributed by atoms with E-state index in [-0.39, 0.29) is 24.0 Å². The minimum Gasteiger partial charge on any atom is -0.465 e. The molecule has 0 aromatic carbocycles. The predicted molar refractivity (Wildman–Crippen MR) is 78.5 cm³/mol. The summed E-state index contributed by atoms with van der Waals surface area (Å²) in [6.45, 7) is 7.77. The summed E-state index contributed by atoms with van der Waals surface area (Å²) in [6.07, 6.45) is -0.334. The topological polar surface area (TPSA) is 99.2 Å². The highest BCUT2D eigenvalue weighted by molar-refractivity contribution is 5.96. The molecule has 7 nitrogen and oxygen atoms in total. The summed E-state index contributed by atoms with van der Waals surface area (Å²) in [5.74, 6) is -0.705. The highest BCUT2D eigenvalue weighted by Crippen LogP contribution is 2.34. The van der Waals surface area contributed by atoms with Crippen LogP contribution in [0.1, 0.15) is 40.5 Å². The summed E-state index contributed by atoms with van der Waals surface area (Å²) in [5, 5.41) is 12.3. The molecule has 2 N–H and O–H groups in total. The van der Waals surface area contributed by atoms with Gasteiger partial charge in [0.25, 0.3) is 0 Å². The highest BCUT2D eigenvalue weighted by atomic mass is 16.6. The number of hydrogen-bond donors (Lipinski definition) is 2. The van der Waals surface area contributed by atoms with Gasteiger partial charge in [0.05, 0.1) is 12.6 Å². The quantitative estimate of drug-likeness (QED) is 0.738. The molecule has 2 aliphatic heterocycles.